The van der Waals surface area contributed by atoms with Crippen LogP contribution in [0.3, 0.4) is 0 Å². The first-order chi connectivity index (χ1) is 16.8. The highest BCUT2D eigenvalue weighted by Crippen LogP contribution is 2.34. The first-order valence-electron chi connectivity index (χ1n) is 11.8. The molecule has 1 unspecified atom stereocenters. The van der Waals surface area contributed by atoms with Gasteiger partial charge in [-0.25, -0.2) is 18.4 Å². The van der Waals surface area contributed by atoms with Gasteiger partial charge in [0.25, 0.3) is 0 Å². The van der Waals surface area contributed by atoms with E-state index >= 15 is 0 Å². The summed E-state index contributed by atoms with van der Waals surface area (Å²) in [5, 5.41) is 3.35. The number of aryl methyl sites for hydroxylation is 2. The Hall–Kier alpha value is -3.30. The number of fused-ring (bicyclic) bond motifs is 1. The molecule has 9 heteroatoms. The third kappa shape index (κ3) is 4.92. The fourth-order valence-corrected chi connectivity index (χ4v) is 5.45. The molecule has 182 valence electrons. The Kier molecular flexibility index (Phi) is 6.29. The number of sulfone groups is 1. The third-order valence-electron chi connectivity index (χ3n) is 6.19. The summed E-state index contributed by atoms with van der Waals surface area (Å²) in [5.41, 5.74) is 5.28. The number of imidazole rings is 1. The molecule has 1 aliphatic rings. The summed E-state index contributed by atoms with van der Waals surface area (Å²) in [6, 6.07) is 14.8. The molecule has 0 aliphatic carbocycles. The van der Waals surface area contributed by atoms with E-state index in [2.05, 4.69) is 14.9 Å². The second kappa shape index (κ2) is 9.39. The maximum atomic E-state index is 12.4. The summed E-state index contributed by atoms with van der Waals surface area (Å²) in [7, 11) is -3.42. The average Bonchev–Trinajstić information content (AvgIpc) is 3.15. The second-order valence-corrected chi connectivity index (χ2v) is 11.0. The van der Waals surface area contributed by atoms with E-state index in [0.29, 0.717) is 29.9 Å². The number of rotatable bonds is 6. The normalized spacial score (nSPS) is 16.5. The highest BCUT2D eigenvalue weighted by atomic mass is 32.2. The lowest BCUT2D eigenvalue weighted by Crippen LogP contribution is -2.19. The Balaban J connectivity index is 1.66. The van der Waals surface area contributed by atoms with Crippen LogP contribution in [0.25, 0.3) is 11.2 Å². The van der Waals surface area contributed by atoms with Crippen LogP contribution in [0.2, 0.25) is 0 Å². The van der Waals surface area contributed by atoms with E-state index in [4.69, 9.17) is 14.7 Å². The summed E-state index contributed by atoms with van der Waals surface area (Å²) in [4.78, 5) is 14.7. The van der Waals surface area contributed by atoms with Crippen molar-refractivity contribution in [3.05, 3.63) is 71.4 Å². The van der Waals surface area contributed by atoms with Crippen molar-refractivity contribution in [1.82, 2.24) is 19.5 Å². The molecule has 0 bridgehead atoms. The number of benzene rings is 1. The second-order valence-electron chi connectivity index (χ2n) is 9.02. The molecule has 0 spiro atoms. The number of para-hydroxylation sites is 1. The summed E-state index contributed by atoms with van der Waals surface area (Å²) >= 11 is 0. The van der Waals surface area contributed by atoms with Crippen LogP contribution in [0.5, 0.6) is 0 Å². The minimum Gasteiger partial charge on any atom is -0.358 e. The Morgan fingerprint density at radius 2 is 1.83 bits per heavy atom. The Morgan fingerprint density at radius 1 is 1.00 bits per heavy atom. The van der Waals surface area contributed by atoms with E-state index in [1.54, 1.807) is 18.2 Å². The van der Waals surface area contributed by atoms with Crippen LogP contribution in [0.1, 0.15) is 48.4 Å². The van der Waals surface area contributed by atoms with Crippen molar-refractivity contribution in [3.63, 3.8) is 0 Å². The molecule has 1 aliphatic heterocycles. The van der Waals surface area contributed by atoms with E-state index in [0.717, 1.165) is 47.8 Å². The number of nitrogens with zero attached hydrogens (tertiary/aromatic N) is 4. The van der Waals surface area contributed by atoms with Gasteiger partial charge in [-0.3, -0.25) is 9.55 Å². The number of anilines is 2. The van der Waals surface area contributed by atoms with Gasteiger partial charge >= 0.3 is 0 Å². The number of ether oxygens (including phenoxy) is 1. The number of aromatic nitrogens is 4. The molecule has 1 N–H and O–H groups in total. The van der Waals surface area contributed by atoms with Gasteiger partial charge in [-0.2, -0.15) is 0 Å². The standard InChI is InChI=1S/C26H29N5O3S/c1-17-9-8-10-19(27-17)15-20-16-22(30-21-11-4-5-12-23(21)35(3,32)33)25-26(29-20)31(18(2)28-25)24-13-6-7-14-34-24/h4-5,8-12,16,24H,6-7,13-15H2,1-3H3,(H,29,30). The van der Waals surface area contributed by atoms with Crippen molar-refractivity contribution >= 4 is 32.4 Å². The van der Waals surface area contributed by atoms with Crippen LogP contribution in [0, 0.1) is 13.8 Å². The summed E-state index contributed by atoms with van der Waals surface area (Å²) in [6.45, 7) is 4.63. The first kappa shape index (κ1) is 23.4. The van der Waals surface area contributed by atoms with Gasteiger partial charge in [-0.1, -0.05) is 18.2 Å². The van der Waals surface area contributed by atoms with Crippen molar-refractivity contribution in [1.29, 1.82) is 0 Å². The Bertz CT molecular complexity index is 1490. The van der Waals surface area contributed by atoms with Crippen molar-refractivity contribution in [3.8, 4) is 0 Å². The molecule has 0 saturated carbocycles. The van der Waals surface area contributed by atoms with Crippen LogP contribution in [0.4, 0.5) is 11.4 Å². The zero-order valence-electron chi connectivity index (χ0n) is 20.2. The van der Waals surface area contributed by atoms with Crippen LogP contribution in [0.15, 0.2) is 53.4 Å². The molecular weight excluding hydrogens is 462 g/mol. The van der Waals surface area contributed by atoms with Crippen molar-refractivity contribution in [2.45, 2.75) is 50.7 Å². The zero-order valence-corrected chi connectivity index (χ0v) is 21.0. The third-order valence-corrected chi connectivity index (χ3v) is 7.34. The zero-order chi connectivity index (χ0) is 24.6. The van der Waals surface area contributed by atoms with E-state index in [-0.39, 0.29) is 11.1 Å². The smallest absolute Gasteiger partial charge is 0.177 e. The van der Waals surface area contributed by atoms with E-state index in [1.807, 2.05) is 44.2 Å². The molecule has 5 rings (SSSR count). The quantitative estimate of drug-likeness (QED) is 0.410. The predicted octanol–water partition coefficient (Wildman–Crippen LogP) is 4.88. The molecule has 4 aromatic rings. The minimum atomic E-state index is -3.42. The highest BCUT2D eigenvalue weighted by Gasteiger charge is 2.24. The average molecular weight is 492 g/mol. The van der Waals surface area contributed by atoms with Gasteiger partial charge in [0.05, 0.1) is 22.0 Å². The summed E-state index contributed by atoms with van der Waals surface area (Å²) < 4.78 is 33.0. The molecule has 8 nitrogen and oxygen atoms in total. The summed E-state index contributed by atoms with van der Waals surface area (Å²) in [5.74, 6) is 0.810. The molecule has 1 atom stereocenters. The largest absolute Gasteiger partial charge is 0.358 e. The van der Waals surface area contributed by atoms with Crippen LogP contribution in [-0.2, 0) is 21.0 Å². The van der Waals surface area contributed by atoms with Gasteiger partial charge in [0.2, 0.25) is 0 Å². The molecule has 4 heterocycles. The Morgan fingerprint density at radius 3 is 2.57 bits per heavy atom. The van der Waals surface area contributed by atoms with Crippen molar-refractivity contribution in [2.24, 2.45) is 0 Å². The van der Waals surface area contributed by atoms with E-state index < -0.39 is 9.84 Å². The van der Waals surface area contributed by atoms with Gasteiger partial charge in [0.15, 0.2) is 15.5 Å². The molecule has 1 aromatic carbocycles. The fourth-order valence-electron chi connectivity index (χ4n) is 4.60. The summed E-state index contributed by atoms with van der Waals surface area (Å²) in [6.07, 6.45) is 4.67. The highest BCUT2D eigenvalue weighted by molar-refractivity contribution is 7.90. The van der Waals surface area contributed by atoms with Gasteiger partial charge in [-0.05, 0) is 63.4 Å². The van der Waals surface area contributed by atoms with Crippen molar-refractivity contribution in [2.75, 3.05) is 18.2 Å². The lowest BCUT2D eigenvalue weighted by atomic mass is 10.1. The molecule has 1 fully saturated rings. The molecule has 0 radical (unpaired) electrons. The van der Waals surface area contributed by atoms with Crippen LogP contribution < -0.4 is 5.32 Å². The number of hydrogen-bond donors (Lipinski definition) is 1. The molecule has 35 heavy (non-hydrogen) atoms. The van der Waals surface area contributed by atoms with Gasteiger partial charge in [0, 0.05) is 30.7 Å². The molecule has 3 aromatic heterocycles. The molecular formula is C26H29N5O3S. The minimum absolute atomic E-state index is 0.121. The topological polar surface area (TPSA) is 99.0 Å². The number of nitrogens with one attached hydrogen (secondary N) is 1. The SMILES string of the molecule is Cc1cccc(Cc2cc(Nc3ccccc3S(C)(=O)=O)c3nc(C)n(C4CCCCO4)c3n2)n1. The number of hydrogen-bond acceptors (Lipinski definition) is 7. The lowest BCUT2D eigenvalue weighted by Gasteiger charge is -2.25. The van der Waals surface area contributed by atoms with Crippen LogP contribution in [-0.4, -0.2) is 40.8 Å². The van der Waals surface area contributed by atoms with Gasteiger partial charge in [0.1, 0.15) is 17.6 Å². The van der Waals surface area contributed by atoms with Crippen LogP contribution >= 0.6 is 0 Å². The van der Waals surface area contributed by atoms with E-state index in [9.17, 15) is 8.42 Å². The Labute approximate surface area is 205 Å². The lowest BCUT2D eigenvalue weighted by molar-refractivity contribution is -0.0309. The predicted molar refractivity (Wildman–Crippen MR) is 136 cm³/mol. The maximum absolute atomic E-state index is 12.4. The van der Waals surface area contributed by atoms with E-state index in [1.165, 1.54) is 6.26 Å². The molecule has 0 amide bonds. The van der Waals surface area contributed by atoms with Gasteiger partial charge < -0.3 is 10.1 Å². The van der Waals surface area contributed by atoms with Gasteiger partial charge in [-0.15, -0.1) is 0 Å². The van der Waals surface area contributed by atoms with Crippen molar-refractivity contribution < 1.29 is 13.2 Å². The first-order valence-corrected chi connectivity index (χ1v) is 13.7. The molecule has 1 saturated heterocycles. The maximum Gasteiger partial charge on any atom is 0.177 e. The monoisotopic (exact) mass is 491 g/mol. The number of pyridine rings is 2. The fraction of sp³-hybridized carbons (Fsp3) is 0.346.